The number of ether oxygens (including phenoxy) is 1. The van der Waals surface area contributed by atoms with Crippen molar-refractivity contribution in [3.8, 4) is 0 Å². The van der Waals surface area contributed by atoms with E-state index in [1.807, 2.05) is 25.7 Å². The molecule has 0 radical (unpaired) electrons. The Kier molecular flexibility index (Phi) is 6.00. The first-order chi connectivity index (χ1) is 13.0. The van der Waals surface area contributed by atoms with Gasteiger partial charge in [0.15, 0.2) is 0 Å². The molecule has 3 rings (SSSR count). The molecule has 2 N–H and O–H groups in total. The number of carbonyl (C=O) groups excluding carboxylic acids is 2. The lowest BCUT2D eigenvalue weighted by molar-refractivity contribution is -0.139. The minimum Gasteiger partial charge on any atom is -0.444 e. The van der Waals surface area contributed by atoms with Gasteiger partial charge in [-0.05, 0) is 90.4 Å². The highest BCUT2D eigenvalue weighted by Crippen LogP contribution is 2.48. The average molecular weight is 395 g/mol. The standard InChI is InChI=1S/C22H38N2O4/c1-14-9-16-10-17(13-22(27,11-14)12-16)18(23-20(26)28-21(3,4)5)19(25)24-8-6-7-15(24)2/h14-18,27H,6-13H2,1-5H3,(H,23,26)/t14?,15?,16?,17?,18-,22?/m0/s1. The number of nitrogens with one attached hydrogen (secondary N) is 1. The minimum absolute atomic E-state index is 0.0162. The fourth-order valence-corrected chi connectivity index (χ4v) is 5.86. The molecule has 0 aromatic carbocycles. The van der Waals surface area contributed by atoms with Crippen LogP contribution in [0.3, 0.4) is 0 Å². The second-order valence-corrected chi connectivity index (χ2v) is 10.7. The van der Waals surface area contributed by atoms with E-state index in [-0.39, 0.29) is 17.9 Å². The Bertz CT molecular complexity index is 598. The maximum absolute atomic E-state index is 13.4. The SMILES string of the molecule is CC1CC2CC([C@H](NC(=O)OC(C)(C)C)C(=O)N3CCCC3C)CC(O)(C1)C2. The van der Waals surface area contributed by atoms with Crippen molar-refractivity contribution in [2.75, 3.05) is 6.54 Å². The summed E-state index contributed by atoms with van der Waals surface area (Å²) in [7, 11) is 0. The Morgan fingerprint density at radius 2 is 1.89 bits per heavy atom. The number of amides is 2. The average Bonchev–Trinajstić information content (AvgIpc) is 2.94. The molecule has 0 spiro atoms. The number of aliphatic hydroxyl groups is 1. The van der Waals surface area contributed by atoms with Crippen molar-refractivity contribution in [3.63, 3.8) is 0 Å². The van der Waals surface area contributed by atoms with Crippen LogP contribution in [0.5, 0.6) is 0 Å². The first kappa shape index (κ1) is 21.4. The number of hydrogen-bond acceptors (Lipinski definition) is 4. The Morgan fingerprint density at radius 1 is 1.18 bits per heavy atom. The van der Waals surface area contributed by atoms with Gasteiger partial charge in [0.05, 0.1) is 5.60 Å². The molecule has 2 bridgehead atoms. The lowest BCUT2D eigenvalue weighted by Gasteiger charge is -2.49. The van der Waals surface area contributed by atoms with Crippen molar-refractivity contribution in [1.82, 2.24) is 10.2 Å². The Morgan fingerprint density at radius 3 is 2.46 bits per heavy atom. The van der Waals surface area contributed by atoms with Gasteiger partial charge in [-0.1, -0.05) is 6.92 Å². The minimum atomic E-state index is -0.712. The summed E-state index contributed by atoms with van der Waals surface area (Å²) in [5.41, 5.74) is -1.33. The third-order valence-corrected chi connectivity index (χ3v) is 6.66. The summed E-state index contributed by atoms with van der Waals surface area (Å²) < 4.78 is 5.45. The van der Waals surface area contributed by atoms with Crippen LogP contribution < -0.4 is 5.32 Å². The Labute approximate surface area is 169 Å². The summed E-state index contributed by atoms with van der Waals surface area (Å²) in [4.78, 5) is 27.8. The van der Waals surface area contributed by atoms with Crippen molar-refractivity contribution in [1.29, 1.82) is 0 Å². The number of hydrogen-bond donors (Lipinski definition) is 2. The van der Waals surface area contributed by atoms with E-state index in [1.54, 1.807) is 0 Å². The number of alkyl carbamates (subject to hydrolysis) is 1. The van der Waals surface area contributed by atoms with Crippen molar-refractivity contribution >= 4 is 12.0 Å². The van der Waals surface area contributed by atoms with E-state index >= 15 is 0 Å². The Balaban J connectivity index is 1.79. The summed E-state index contributed by atoms with van der Waals surface area (Å²) in [5.74, 6) is 0.858. The maximum atomic E-state index is 13.4. The molecular formula is C22H38N2O4. The molecule has 6 atom stereocenters. The number of nitrogens with zero attached hydrogens (tertiary/aromatic N) is 1. The summed E-state index contributed by atoms with van der Waals surface area (Å²) in [6, 6.07) is -0.431. The first-order valence-electron chi connectivity index (χ1n) is 11.0. The van der Waals surface area contributed by atoms with Gasteiger partial charge in [0.1, 0.15) is 11.6 Å². The van der Waals surface area contributed by atoms with Gasteiger partial charge < -0.3 is 20.1 Å². The lowest BCUT2D eigenvalue weighted by atomic mass is 9.61. The molecule has 1 aliphatic heterocycles. The molecule has 6 nitrogen and oxygen atoms in total. The summed E-state index contributed by atoms with van der Waals surface area (Å²) >= 11 is 0. The van der Waals surface area contributed by atoms with Crippen LogP contribution in [-0.2, 0) is 9.53 Å². The van der Waals surface area contributed by atoms with Crippen LogP contribution in [0.1, 0.15) is 79.6 Å². The van der Waals surface area contributed by atoms with Gasteiger partial charge >= 0.3 is 6.09 Å². The molecule has 3 aliphatic rings. The van der Waals surface area contributed by atoms with Crippen LogP contribution in [0.4, 0.5) is 4.79 Å². The number of fused-ring (bicyclic) bond motifs is 2. The van der Waals surface area contributed by atoms with E-state index in [9.17, 15) is 14.7 Å². The zero-order chi connectivity index (χ0) is 20.7. The fourth-order valence-electron chi connectivity index (χ4n) is 5.86. The predicted molar refractivity (Wildman–Crippen MR) is 108 cm³/mol. The van der Waals surface area contributed by atoms with Gasteiger partial charge in [0.2, 0.25) is 5.91 Å². The van der Waals surface area contributed by atoms with Crippen molar-refractivity contribution in [2.45, 2.75) is 103 Å². The zero-order valence-corrected chi connectivity index (χ0v) is 18.2. The molecule has 3 fully saturated rings. The van der Waals surface area contributed by atoms with Gasteiger partial charge in [-0.15, -0.1) is 0 Å². The smallest absolute Gasteiger partial charge is 0.408 e. The topological polar surface area (TPSA) is 78.9 Å². The van der Waals surface area contributed by atoms with E-state index in [1.165, 1.54) is 0 Å². The summed E-state index contributed by atoms with van der Waals surface area (Å²) in [6.45, 7) is 10.5. The molecule has 1 saturated heterocycles. The monoisotopic (exact) mass is 394 g/mol. The van der Waals surface area contributed by atoms with E-state index in [0.29, 0.717) is 18.3 Å². The second-order valence-electron chi connectivity index (χ2n) is 10.7. The molecule has 2 aliphatic carbocycles. The molecule has 0 aromatic rings. The number of carbonyl (C=O) groups is 2. The molecule has 0 aromatic heterocycles. The molecule has 6 heteroatoms. The molecule has 2 saturated carbocycles. The maximum Gasteiger partial charge on any atom is 0.408 e. The third-order valence-electron chi connectivity index (χ3n) is 6.66. The molecule has 28 heavy (non-hydrogen) atoms. The van der Waals surface area contributed by atoms with Crippen molar-refractivity contribution in [3.05, 3.63) is 0 Å². The molecular weight excluding hydrogens is 356 g/mol. The zero-order valence-electron chi connectivity index (χ0n) is 18.2. The Hall–Kier alpha value is -1.30. The van der Waals surface area contributed by atoms with Crippen LogP contribution in [0.25, 0.3) is 0 Å². The number of likely N-dealkylation sites (tertiary alicyclic amines) is 1. The lowest BCUT2D eigenvalue weighted by Crippen LogP contribution is -2.57. The van der Waals surface area contributed by atoms with E-state index in [0.717, 1.165) is 45.1 Å². The fraction of sp³-hybridized carbons (Fsp3) is 0.909. The van der Waals surface area contributed by atoms with Crippen LogP contribution in [0, 0.1) is 17.8 Å². The normalized spacial score (nSPS) is 36.7. The van der Waals surface area contributed by atoms with Gasteiger partial charge in [0.25, 0.3) is 0 Å². The summed E-state index contributed by atoms with van der Waals surface area (Å²) in [5, 5.41) is 14.0. The van der Waals surface area contributed by atoms with E-state index in [2.05, 4.69) is 19.2 Å². The highest BCUT2D eigenvalue weighted by Gasteiger charge is 2.48. The van der Waals surface area contributed by atoms with Crippen molar-refractivity contribution < 1.29 is 19.4 Å². The third kappa shape index (κ3) is 5.00. The van der Waals surface area contributed by atoms with E-state index < -0.39 is 23.3 Å². The molecule has 1 heterocycles. The van der Waals surface area contributed by atoms with Gasteiger partial charge in [0, 0.05) is 12.6 Å². The predicted octanol–water partition coefficient (Wildman–Crippen LogP) is 3.47. The van der Waals surface area contributed by atoms with Gasteiger partial charge in [-0.3, -0.25) is 4.79 Å². The van der Waals surface area contributed by atoms with Crippen LogP contribution in [0.2, 0.25) is 0 Å². The van der Waals surface area contributed by atoms with Crippen LogP contribution in [0.15, 0.2) is 0 Å². The second kappa shape index (κ2) is 7.85. The molecule has 2 amide bonds. The van der Waals surface area contributed by atoms with Gasteiger partial charge in [-0.2, -0.15) is 0 Å². The molecule has 5 unspecified atom stereocenters. The quantitative estimate of drug-likeness (QED) is 0.768. The largest absolute Gasteiger partial charge is 0.444 e. The van der Waals surface area contributed by atoms with Crippen LogP contribution in [-0.4, -0.2) is 51.8 Å². The summed E-state index contributed by atoms with van der Waals surface area (Å²) in [6.07, 6.45) is 5.60. The molecule has 160 valence electrons. The number of rotatable bonds is 3. The van der Waals surface area contributed by atoms with Crippen LogP contribution >= 0.6 is 0 Å². The van der Waals surface area contributed by atoms with Gasteiger partial charge in [-0.25, -0.2) is 4.79 Å². The first-order valence-corrected chi connectivity index (χ1v) is 11.0. The highest BCUT2D eigenvalue weighted by atomic mass is 16.6. The van der Waals surface area contributed by atoms with E-state index in [4.69, 9.17) is 4.74 Å². The highest BCUT2D eigenvalue weighted by molar-refractivity contribution is 5.86. The van der Waals surface area contributed by atoms with Crippen molar-refractivity contribution in [2.24, 2.45) is 17.8 Å².